The van der Waals surface area contributed by atoms with Gasteiger partial charge in [0.05, 0.1) is 24.5 Å². The molecule has 9 heteroatoms. The molecule has 1 amide bonds. The van der Waals surface area contributed by atoms with Crippen LogP contribution in [0.3, 0.4) is 0 Å². The maximum atomic E-state index is 12.7. The average Bonchev–Trinajstić information content (AvgIpc) is 3.14. The van der Waals surface area contributed by atoms with E-state index in [2.05, 4.69) is 15.5 Å². The molecule has 2 aromatic heterocycles. The fourth-order valence-corrected chi connectivity index (χ4v) is 3.95. The monoisotopic (exact) mass is 424 g/mol. The lowest BCUT2D eigenvalue weighted by Crippen LogP contribution is -2.32. The molecule has 1 aliphatic rings. The Labute approximate surface area is 180 Å². The third-order valence-electron chi connectivity index (χ3n) is 5.65. The summed E-state index contributed by atoms with van der Waals surface area (Å²) in [5, 5.41) is 11.8. The van der Waals surface area contributed by atoms with Crippen molar-refractivity contribution in [3.05, 3.63) is 64.1 Å². The molecule has 1 aromatic carbocycles. The van der Waals surface area contributed by atoms with Gasteiger partial charge in [-0.05, 0) is 38.0 Å². The summed E-state index contributed by atoms with van der Waals surface area (Å²) < 4.78 is 10.6. The number of aryl methyl sites for hydroxylation is 3. The highest BCUT2D eigenvalue weighted by Gasteiger charge is 2.25. The molecule has 0 aliphatic carbocycles. The van der Waals surface area contributed by atoms with Crippen molar-refractivity contribution in [3.63, 3.8) is 0 Å². The third kappa shape index (κ3) is 4.87. The van der Waals surface area contributed by atoms with Gasteiger partial charge in [0.25, 0.3) is 0 Å². The van der Waals surface area contributed by atoms with E-state index in [9.17, 15) is 9.59 Å². The molecule has 0 bridgehead atoms. The van der Waals surface area contributed by atoms with Crippen LogP contribution in [-0.4, -0.2) is 36.6 Å². The van der Waals surface area contributed by atoms with Crippen molar-refractivity contribution < 1.29 is 9.53 Å². The Morgan fingerprint density at radius 2 is 2.03 bits per heavy atom. The number of nitrogens with one attached hydrogen (secondary N) is 1. The lowest BCUT2D eigenvalue weighted by molar-refractivity contribution is -0.125. The largest absolute Gasteiger partial charge is 0.492 e. The number of benzene rings is 1. The van der Waals surface area contributed by atoms with Crippen LogP contribution < -0.4 is 15.7 Å². The number of para-hydroxylation sites is 1. The second-order valence-electron chi connectivity index (χ2n) is 7.88. The van der Waals surface area contributed by atoms with Crippen molar-refractivity contribution in [2.45, 2.75) is 45.8 Å². The smallest absolute Gasteiger partial charge is 0.346 e. The lowest BCUT2D eigenvalue weighted by Gasteiger charge is -2.14. The summed E-state index contributed by atoms with van der Waals surface area (Å²) in [6.07, 6.45) is 1.90. The molecule has 0 saturated heterocycles. The first kappa shape index (κ1) is 20.9. The Morgan fingerprint density at radius 3 is 2.77 bits per heavy atom. The second kappa shape index (κ2) is 9.20. The predicted molar refractivity (Wildman–Crippen MR) is 115 cm³/mol. The van der Waals surface area contributed by atoms with E-state index in [0.717, 1.165) is 23.0 Å². The van der Waals surface area contributed by atoms with Crippen molar-refractivity contribution in [2.24, 2.45) is 13.0 Å². The van der Waals surface area contributed by atoms with E-state index in [0.29, 0.717) is 45.5 Å². The van der Waals surface area contributed by atoms with Gasteiger partial charge in [0.2, 0.25) is 5.91 Å². The molecule has 164 valence electrons. The fourth-order valence-electron chi connectivity index (χ4n) is 3.95. The summed E-state index contributed by atoms with van der Waals surface area (Å²) in [7, 11) is 1.87. The zero-order valence-electron chi connectivity index (χ0n) is 18.0. The summed E-state index contributed by atoms with van der Waals surface area (Å²) in [6, 6.07) is 11.5. The molecule has 9 nitrogen and oxygen atoms in total. The van der Waals surface area contributed by atoms with Crippen LogP contribution in [0.2, 0.25) is 0 Å². The maximum absolute atomic E-state index is 12.7. The van der Waals surface area contributed by atoms with Gasteiger partial charge in [-0.3, -0.25) is 14.0 Å². The number of amides is 1. The number of hydrogen-bond acceptors (Lipinski definition) is 5. The minimum atomic E-state index is -0.141. The fraction of sp³-hybridized carbons (Fsp3) is 0.455. The Balaban J connectivity index is 1.31. The van der Waals surface area contributed by atoms with Gasteiger partial charge in [-0.2, -0.15) is 10.2 Å². The summed E-state index contributed by atoms with van der Waals surface area (Å²) in [5.41, 5.74) is 1.75. The standard InChI is InChI=1S/C22H28N6O3/c1-16-14-18(26(2)24-16)15-23-21(29)17-8-9-20-25-28(22(30)27(20)11-10-17)12-13-31-19-6-4-3-5-7-19/h3-7,14,17H,8-13,15H2,1-2H3,(H,23,29). The number of carbonyl (C=O) groups excluding carboxylic acids is 1. The predicted octanol–water partition coefficient (Wildman–Crippen LogP) is 1.43. The van der Waals surface area contributed by atoms with Crippen molar-refractivity contribution in [3.8, 4) is 5.75 Å². The molecule has 0 spiro atoms. The molecule has 0 saturated carbocycles. The first-order chi connectivity index (χ1) is 15.0. The van der Waals surface area contributed by atoms with Crippen molar-refractivity contribution in [1.29, 1.82) is 0 Å². The van der Waals surface area contributed by atoms with E-state index in [1.165, 1.54) is 4.68 Å². The molecular formula is C22H28N6O3. The summed E-state index contributed by atoms with van der Waals surface area (Å²) in [5.74, 6) is 1.39. The van der Waals surface area contributed by atoms with Crippen molar-refractivity contribution in [1.82, 2.24) is 29.4 Å². The Hall–Kier alpha value is -3.36. The number of carbonyl (C=O) groups is 1. The van der Waals surface area contributed by atoms with Crippen molar-refractivity contribution >= 4 is 5.91 Å². The van der Waals surface area contributed by atoms with E-state index >= 15 is 0 Å². The number of rotatable bonds is 7. The highest BCUT2D eigenvalue weighted by molar-refractivity contribution is 5.78. The normalized spacial score (nSPS) is 15.9. The first-order valence-electron chi connectivity index (χ1n) is 10.6. The molecule has 0 radical (unpaired) electrons. The summed E-state index contributed by atoms with van der Waals surface area (Å²) in [4.78, 5) is 25.4. The molecule has 4 rings (SSSR count). The highest BCUT2D eigenvalue weighted by Crippen LogP contribution is 2.18. The Morgan fingerprint density at radius 1 is 1.23 bits per heavy atom. The molecule has 1 N–H and O–H groups in total. The maximum Gasteiger partial charge on any atom is 0.346 e. The van der Waals surface area contributed by atoms with E-state index < -0.39 is 0 Å². The number of nitrogens with zero attached hydrogens (tertiary/aromatic N) is 5. The Kier molecular flexibility index (Phi) is 6.20. The van der Waals surface area contributed by atoms with Crippen LogP contribution in [0.25, 0.3) is 0 Å². The van der Waals surface area contributed by atoms with Gasteiger partial charge in [0.1, 0.15) is 18.2 Å². The number of hydrogen-bond donors (Lipinski definition) is 1. The van der Waals surface area contributed by atoms with Crippen LogP contribution in [0.15, 0.2) is 41.2 Å². The second-order valence-corrected chi connectivity index (χ2v) is 7.88. The number of aromatic nitrogens is 5. The van der Waals surface area contributed by atoms with E-state index in [1.54, 1.807) is 9.25 Å². The van der Waals surface area contributed by atoms with E-state index in [4.69, 9.17) is 4.74 Å². The van der Waals surface area contributed by atoms with Crippen LogP contribution in [0.4, 0.5) is 0 Å². The minimum Gasteiger partial charge on any atom is -0.492 e. The molecule has 1 aliphatic heterocycles. The zero-order chi connectivity index (χ0) is 21.8. The average molecular weight is 425 g/mol. The molecule has 0 fully saturated rings. The molecule has 1 unspecified atom stereocenters. The minimum absolute atomic E-state index is 0.0150. The molecule has 31 heavy (non-hydrogen) atoms. The first-order valence-corrected chi connectivity index (χ1v) is 10.6. The van der Waals surface area contributed by atoms with Gasteiger partial charge >= 0.3 is 5.69 Å². The summed E-state index contributed by atoms with van der Waals surface area (Å²) in [6.45, 7) is 3.64. The van der Waals surface area contributed by atoms with Crippen LogP contribution in [-0.2, 0) is 37.9 Å². The van der Waals surface area contributed by atoms with Gasteiger partial charge in [-0.15, -0.1) is 0 Å². The summed E-state index contributed by atoms with van der Waals surface area (Å²) >= 11 is 0. The number of ether oxygens (including phenoxy) is 1. The number of fused-ring (bicyclic) bond motifs is 1. The zero-order valence-corrected chi connectivity index (χ0v) is 18.0. The van der Waals surface area contributed by atoms with Gasteiger partial charge in [0.15, 0.2) is 0 Å². The van der Waals surface area contributed by atoms with Crippen LogP contribution in [0, 0.1) is 12.8 Å². The van der Waals surface area contributed by atoms with Gasteiger partial charge in [-0.1, -0.05) is 18.2 Å². The molecule has 3 heterocycles. The van der Waals surface area contributed by atoms with E-state index in [-0.39, 0.29) is 17.5 Å². The van der Waals surface area contributed by atoms with Gasteiger partial charge < -0.3 is 10.1 Å². The van der Waals surface area contributed by atoms with Crippen LogP contribution in [0.5, 0.6) is 5.75 Å². The molecule has 3 aromatic rings. The van der Waals surface area contributed by atoms with E-state index in [1.807, 2.05) is 50.4 Å². The van der Waals surface area contributed by atoms with Crippen molar-refractivity contribution in [2.75, 3.05) is 6.61 Å². The topological polar surface area (TPSA) is 96.0 Å². The Bertz CT molecular complexity index is 1100. The van der Waals surface area contributed by atoms with Crippen LogP contribution in [0.1, 0.15) is 30.1 Å². The third-order valence-corrected chi connectivity index (χ3v) is 5.65. The van der Waals surface area contributed by atoms with Crippen LogP contribution >= 0.6 is 0 Å². The van der Waals surface area contributed by atoms with Gasteiger partial charge in [0, 0.05) is 25.9 Å². The quantitative estimate of drug-likeness (QED) is 0.619. The highest BCUT2D eigenvalue weighted by atomic mass is 16.5. The lowest BCUT2D eigenvalue weighted by atomic mass is 9.99. The SMILES string of the molecule is Cc1cc(CNC(=O)C2CCc3nn(CCOc4ccccc4)c(=O)n3CC2)n(C)n1. The molecule has 1 atom stereocenters. The van der Waals surface area contributed by atoms with Gasteiger partial charge in [-0.25, -0.2) is 9.48 Å². The molecular weight excluding hydrogens is 396 g/mol.